The third kappa shape index (κ3) is 4.64. The fourth-order valence-electron chi connectivity index (χ4n) is 6.47. The second-order valence-corrected chi connectivity index (χ2v) is 13.0. The van der Waals surface area contributed by atoms with Gasteiger partial charge >= 0.3 is 0 Å². The van der Waals surface area contributed by atoms with Crippen LogP contribution in [0.4, 0.5) is 5.95 Å². The van der Waals surface area contributed by atoms with Crippen LogP contribution in [0.1, 0.15) is 60.3 Å². The Hall–Kier alpha value is -3.22. The second-order valence-electron chi connectivity index (χ2n) is 13.0. The molecule has 10 nitrogen and oxygen atoms in total. The molecule has 1 aromatic rings. The third-order valence-corrected chi connectivity index (χ3v) is 8.95. The van der Waals surface area contributed by atoms with Gasteiger partial charge < -0.3 is 20.9 Å². The van der Waals surface area contributed by atoms with Crippen molar-refractivity contribution in [2.45, 2.75) is 84.0 Å². The van der Waals surface area contributed by atoms with Gasteiger partial charge in [0.15, 0.2) is 0 Å². The normalized spacial score (nSPS) is 30.1. The van der Waals surface area contributed by atoms with E-state index >= 15 is 0 Å². The topological polar surface area (TPSA) is 140 Å². The molecule has 2 saturated carbocycles. The zero-order valence-corrected chi connectivity index (χ0v) is 22.2. The molecule has 4 fully saturated rings. The van der Waals surface area contributed by atoms with Crippen molar-refractivity contribution in [3.63, 3.8) is 0 Å². The zero-order chi connectivity index (χ0) is 26.8. The Kier molecular flexibility index (Phi) is 5.96. The monoisotopic (exact) mass is 507 g/mol. The molecule has 3 amide bonds. The van der Waals surface area contributed by atoms with Crippen LogP contribution >= 0.6 is 0 Å². The van der Waals surface area contributed by atoms with Crippen LogP contribution in [0.15, 0.2) is 18.5 Å². The summed E-state index contributed by atoms with van der Waals surface area (Å²) < 4.78 is 0. The lowest BCUT2D eigenvalue weighted by atomic mass is 9.85. The summed E-state index contributed by atoms with van der Waals surface area (Å²) in [6.45, 7) is 10.6. The maximum atomic E-state index is 14.0. The summed E-state index contributed by atoms with van der Waals surface area (Å²) in [5.41, 5.74) is -0.607. The number of aromatic nitrogens is 2. The van der Waals surface area contributed by atoms with Crippen LogP contribution in [0.5, 0.6) is 0 Å². The second kappa shape index (κ2) is 8.67. The largest absolute Gasteiger partial charge is 0.350 e. The standard InChI is InChI=1S/C27H37N7O3/c1-25(2,3)20(32-24-29-9-6-10-30-24)23(37)34-14-17-18(26(17,4)5)19(34)22(36)31-16(13-28)11-15-12-27(7-8-27)33-21(15)35/h6,9-10,15-20H,7-8,11-12,14H2,1-5H3,(H,31,36)(H,33,35)(H,29,30,32)/t15-,16+,17?,18?,19?,20-/m1/s1. The number of carbonyl (C=O) groups excluding carboxylic acids is 3. The minimum absolute atomic E-state index is 0.0221. The summed E-state index contributed by atoms with van der Waals surface area (Å²) >= 11 is 0. The first kappa shape index (κ1) is 25.4. The van der Waals surface area contributed by atoms with Gasteiger partial charge in [-0.05, 0) is 54.4 Å². The fourth-order valence-corrected chi connectivity index (χ4v) is 6.47. The molecule has 3 N–H and O–H groups in total. The maximum absolute atomic E-state index is 14.0. The lowest BCUT2D eigenvalue weighted by Gasteiger charge is -2.37. The van der Waals surface area contributed by atoms with Crippen LogP contribution in [0.3, 0.4) is 0 Å². The number of amides is 3. The van der Waals surface area contributed by atoms with Gasteiger partial charge in [0.05, 0.1) is 6.07 Å². The molecule has 6 atom stereocenters. The number of hydrogen-bond acceptors (Lipinski definition) is 7. The SMILES string of the molecule is CC1(C)C2CN(C(=O)[C@@H](Nc3ncccn3)C(C)(C)C)C(C(=O)N[C@H](C#N)C[C@@H]3CC4(CC4)NC3=O)C21. The van der Waals surface area contributed by atoms with Crippen molar-refractivity contribution >= 4 is 23.7 Å². The number of likely N-dealkylation sites (tertiary alicyclic amines) is 1. The first-order chi connectivity index (χ1) is 17.4. The highest BCUT2D eigenvalue weighted by Crippen LogP contribution is 2.65. The van der Waals surface area contributed by atoms with Gasteiger partial charge in [0.2, 0.25) is 23.7 Å². The van der Waals surface area contributed by atoms with E-state index in [0.717, 1.165) is 12.8 Å². The Labute approximate surface area is 218 Å². The van der Waals surface area contributed by atoms with Crippen LogP contribution in [-0.4, -0.2) is 62.8 Å². The summed E-state index contributed by atoms with van der Waals surface area (Å²) in [4.78, 5) is 50.2. The molecule has 1 aromatic heterocycles. The van der Waals surface area contributed by atoms with E-state index in [1.54, 1.807) is 23.4 Å². The third-order valence-electron chi connectivity index (χ3n) is 8.95. The predicted molar refractivity (Wildman–Crippen MR) is 136 cm³/mol. The summed E-state index contributed by atoms with van der Waals surface area (Å²) in [6.07, 6.45) is 6.18. The highest BCUT2D eigenvalue weighted by Gasteiger charge is 2.69. The van der Waals surface area contributed by atoms with Crippen molar-refractivity contribution in [2.75, 3.05) is 11.9 Å². The molecule has 0 bridgehead atoms. The van der Waals surface area contributed by atoms with E-state index < -0.39 is 23.5 Å². The smallest absolute Gasteiger partial charge is 0.246 e. The van der Waals surface area contributed by atoms with Crippen LogP contribution in [-0.2, 0) is 14.4 Å². The number of nitriles is 1. The molecule has 3 heterocycles. The van der Waals surface area contributed by atoms with Crippen LogP contribution in [0.2, 0.25) is 0 Å². The number of anilines is 1. The van der Waals surface area contributed by atoms with E-state index in [2.05, 4.69) is 45.8 Å². The molecular weight excluding hydrogens is 470 g/mol. The number of rotatable bonds is 7. The lowest BCUT2D eigenvalue weighted by Crippen LogP contribution is -2.57. The number of hydrogen-bond donors (Lipinski definition) is 3. The Morgan fingerprint density at radius 3 is 2.51 bits per heavy atom. The van der Waals surface area contributed by atoms with Crippen LogP contribution in [0, 0.1) is 39.9 Å². The van der Waals surface area contributed by atoms with Crippen LogP contribution in [0.25, 0.3) is 0 Å². The average Bonchev–Trinajstić information content (AvgIpc) is 3.55. The summed E-state index contributed by atoms with van der Waals surface area (Å²) in [6, 6.07) is 1.79. The molecule has 3 unspecified atom stereocenters. The first-order valence-electron chi connectivity index (χ1n) is 13.2. The van der Waals surface area contributed by atoms with Gasteiger partial charge in [-0.3, -0.25) is 14.4 Å². The number of fused-ring (bicyclic) bond motifs is 1. The molecule has 4 aliphatic rings. The first-order valence-corrected chi connectivity index (χ1v) is 13.2. The minimum Gasteiger partial charge on any atom is -0.350 e. The molecule has 198 valence electrons. The molecule has 0 aromatic carbocycles. The minimum atomic E-state index is -0.788. The number of piperidine rings is 1. The van der Waals surface area contributed by atoms with Gasteiger partial charge in [-0.1, -0.05) is 34.6 Å². The Morgan fingerprint density at radius 2 is 1.95 bits per heavy atom. The highest BCUT2D eigenvalue weighted by molar-refractivity contribution is 5.93. The summed E-state index contributed by atoms with van der Waals surface area (Å²) in [5.74, 6) is -0.210. The van der Waals surface area contributed by atoms with E-state index in [1.165, 1.54) is 0 Å². The van der Waals surface area contributed by atoms with Crippen LogP contribution < -0.4 is 16.0 Å². The quantitative estimate of drug-likeness (QED) is 0.512. The number of nitrogens with one attached hydrogen (secondary N) is 3. The van der Waals surface area contributed by atoms with Gasteiger partial charge in [-0.25, -0.2) is 9.97 Å². The molecule has 37 heavy (non-hydrogen) atoms. The van der Waals surface area contributed by atoms with Gasteiger partial charge in [-0.2, -0.15) is 5.26 Å². The zero-order valence-electron chi connectivity index (χ0n) is 22.2. The lowest BCUT2D eigenvalue weighted by molar-refractivity contribution is -0.142. The van der Waals surface area contributed by atoms with Gasteiger partial charge in [0.1, 0.15) is 18.1 Å². The Bertz CT molecular complexity index is 1130. The maximum Gasteiger partial charge on any atom is 0.246 e. The molecule has 2 saturated heterocycles. The van der Waals surface area contributed by atoms with Crippen molar-refractivity contribution < 1.29 is 14.4 Å². The van der Waals surface area contributed by atoms with Crippen molar-refractivity contribution in [3.8, 4) is 6.07 Å². The molecule has 10 heteroatoms. The van der Waals surface area contributed by atoms with E-state index in [1.807, 2.05) is 20.8 Å². The molecule has 2 aliphatic carbocycles. The molecule has 5 rings (SSSR count). The molecule has 0 radical (unpaired) electrons. The van der Waals surface area contributed by atoms with Crippen molar-refractivity contribution in [1.82, 2.24) is 25.5 Å². The fraction of sp³-hybridized carbons (Fsp3) is 0.704. The van der Waals surface area contributed by atoms with Crippen molar-refractivity contribution in [1.29, 1.82) is 5.26 Å². The average molecular weight is 508 g/mol. The number of carbonyl (C=O) groups is 3. The Balaban J connectivity index is 1.32. The van der Waals surface area contributed by atoms with Crippen molar-refractivity contribution in [2.24, 2.45) is 28.6 Å². The number of nitrogens with zero attached hydrogens (tertiary/aromatic N) is 4. The van der Waals surface area contributed by atoms with Gasteiger partial charge in [0, 0.05) is 30.4 Å². The van der Waals surface area contributed by atoms with E-state index in [0.29, 0.717) is 18.9 Å². The van der Waals surface area contributed by atoms with E-state index in [9.17, 15) is 19.6 Å². The summed E-state index contributed by atoms with van der Waals surface area (Å²) in [5, 5.41) is 19.0. The summed E-state index contributed by atoms with van der Waals surface area (Å²) in [7, 11) is 0. The molecule has 1 spiro atoms. The highest BCUT2D eigenvalue weighted by atomic mass is 16.2. The van der Waals surface area contributed by atoms with Gasteiger partial charge in [0.25, 0.3) is 0 Å². The van der Waals surface area contributed by atoms with Crippen molar-refractivity contribution in [3.05, 3.63) is 18.5 Å². The molecular formula is C27H37N7O3. The predicted octanol–water partition coefficient (Wildman–Crippen LogP) is 1.85. The molecule has 2 aliphatic heterocycles. The Morgan fingerprint density at radius 1 is 1.27 bits per heavy atom. The van der Waals surface area contributed by atoms with Gasteiger partial charge in [-0.15, -0.1) is 0 Å². The van der Waals surface area contributed by atoms with E-state index in [-0.39, 0.29) is 52.8 Å². The van der Waals surface area contributed by atoms with E-state index in [4.69, 9.17) is 0 Å².